The number of aryl methyl sites for hydroxylation is 3. The van der Waals surface area contributed by atoms with Crippen LogP contribution in [0.2, 0.25) is 0 Å². The lowest BCUT2D eigenvalue weighted by atomic mass is 9.92. The normalized spacial score (nSPS) is 16.5. The average molecular weight is 415 g/mol. The molecule has 0 bridgehead atoms. The van der Waals surface area contributed by atoms with Crippen molar-refractivity contribution in [3.63, 3.8) is 0 Å². The lowest BCUT2D eigenvalue weighted by Gasteiger charge is -2.34. The van der Waals surface area contributed by atoms with Crippen molar-refractivity contribution in [3.05, 3.63) is 89.0 Å². The lowest BCUT2D eigenvalue weighted by molar-refractivity contribution is 0.209. The molecule has 4 rings (SSSR count). The van der Waals surface area contributed by atoms with Crippen molar-refractivity contribution in [2.24, 2.45) is 0 Å². The van der Waals surface area contributed by atoms with Gasteiger partial charge in [0.05, 0.1) is 11.6 Å². The van der Waals surface area contributed by atoms with E-state index in [1.807, 2.05) is 44.2 Å². The molecule has 1 aliphatic rings. The zero-order valence-corrected chi connectivity index (χ0v) is 18.3. The molecule has 0 aliphatic carbocycles. The Labute approximate surface area is 182 Å². The Morgan fingerprint density at radius 1 is 1.10 bits per heavy atom. The standard InChI is InChI=1S/C25H26N4O2/c1-6-13-29-18(5)21(22(26-25(29)30)20-12-9-16(3)17(4)14-20)24-27-23(28-31-24)19-10-7-15(2)8-11-19/h6-12,14,22H,1,13H2,2-5H3,(H,26,30). The molecule has 1 aromatic heterocycles. The molecule has 1 atom stereocenters. The fourth-order valence-corrected chi connectivity index (χ4v) is 3.75. The van der Waals surface area contributed by atoms with Crippen LogP contribution in [0.15, 0.2) is 65.3 Å². The number of amides is 2. The fraction of sp³-hybridized carbons (Fsp3) is 0.240. The maximum absolute atomic E-state index is 12.8. The third kappa shape index (κ3) is 3.89. The Balaban J connectivity index is 1.83. The SMILES string of the molecule is C=CCN1C(=O)NC(c2ccc(C)c(C)c2)C(c2nc(-c3ccc(C)cc3)no2)=C1C. The van der Waals surface area contributed by atoms with E-state index in [0.717, 1.165) is 33.5 Å². The van der Waals surface area contributed by atoms with Crippen LogP contribution < -0.4 is 5.32 Å². The quantitative estimate of drug-likeness (QED) is 0.572. The highest BCUT2D eigenvalue weighted by Crippen LogP contribution is 2.37. The van der Waals surface area contributed by atoms with Crippen LogP contribution >= 0.6 is 0 Å². The molecule has 0 spiro atoms. The summed E-state index contributed by atoms with van der Waals surface area (Å²) in [6, 6.07) is 13.6. The van der Waals surface area contributed by atoms with Gasteiger partial charge in [0.15, 0.2) is 0 Å². The summed E-state index contributed by atoms with van der Waals surface area (Å²) in [4.78, 5) is 19.1. The summed E-state index contributed by atoms with van der Waals surface area (Å²) in [5.74, 6) is 0.909. The van der Waals surface area contributed by atoms with Gasteiger partial charge in [0, 0.05) is 17.8 Å². The number of hydrogen-bond acceptors (Lipinski definition) is 4. The molecule has 1 unspecified atom stereocenters. The number of carbonyl (C=O) groups is 1. The molecule has 2 aromatic carbocycles. The summed E-state index contributed by atoms with van der Waals surface area (Å²) in [5.41, 5.74) is 6.92. The second kappa shape index (κ2) is 8.22. The van der Waals surface area contributed by atoms with Crippen molar-refractivity contribution in [2.75, 3.05) is 6.54 Å². The summed E-state index contributed by atoms with van der Waals surface area (Å²) in [6.45, 7) is 12.2. The molecule has 31 heavy (non-hydrogen) atoms. The molecule has 6 nitrogen and oxygen atoms in total. The van der Waals surface area contributed by atoms with E-state index in [4.69, 9.17) is 4.52 Å². The largest absolute Gasteiger partial charge is 0.334 e. The number of nitrogens with one attached hydrogen (secondary N) is 1. The van der Waals surface area contributed by atoms with Crippen molar-refractivity contribution in [1.82, 2.24) is 20.4 Å². The minimum absolute atomic E-state index is 0.178. The van der Waals surface area contributed by atoms with E-state index in [2.05, 4.69) is 48.0 Å². The first-order valence-corrected chi connectivity index (χ1v) is 10.3. The summed E-state index contributed by atoms with van der Waals surface area (Å²) < 4.78 is 5.70. The average Bonchev–Trinajstić information content (AvgIpc) is 3.23. The lowest BCUT2D eigenvalue weighted by Crippen LogP contribution is -2.46. The zero-order valence-electron chi connectivity index (χ0n) is 18.3. The summed E-state index contributed by atoms with van der Waals surface area (Å²) >= 11 is 0. The van der Waals surface area contributed by atoms with E-state index in [1.165, 1.54) is 5.56 Å². The van der Waals surface area contributed by atoms with Gasteiger partial charge >= 0.3 is 6.03 Å². The Kier molecular flexibility index (Phi) is 5.46. The summed E-state index contributed by atoms with van der Waals surface area (Å²) in [5, 5.41) is 7.31. The van der Waals surface area contributed by atoms with E-state index in [9.17, 15) is 4.79 Å². The van der Waals surface area contributed by atoms with Gasteiger partial charge < -0.3 is 9.84 Å². The molecular weight excluding hydrogens is 388 g/mol. The van der Waals surface area contributed by atoms with Gasteiger partial charge in [-0.1, -0.05) is 59.3 Å². The van der Waals surface area contributed by atoms with E-state index >= 15 is 0 Å². The molecule has 1 N–H and O–H groups in total. The summed E-state index contributed by atoms with van der Waals surface area (Å²) in [6.07, 6.45) is 1.70. The number of hydrogen-bond donors (Lipinski definition) is 1. The highest BCUT2D eigenvalue weighted by Gasteiger charge is 2.35. The number of rotatable bonds is 5. The maximum atomic E-state index is 12.8. The Hall–Kier alpha value is -3.67. The number of allylic oxidation sites excluding steroid dienone is 1. The van der Waals surface area contributed by atoms with Crippen molar-refractivity contribution < 1.29 is 9.32 Å². The van der Waals surface area contributed by atoms with Crippen LogP contribution in [0.5, 0.6) is 0 Å². The monoisotopic (exact) mass is 414 g/mol. The molecular formula is C25H26N4O2. The molecule has 3 aromatic rings. The maximum Gasteiger partial charge on any atom is 0.322 e. The topological polar surface area (TPSA) is 71.3 Å². The van der Waals surface area contributed by atoms with Crippen LogP contribution in [0, 0.1) is 20.8 Å². The summed E-state index contributed by atoms with van der Waals surface area (Å²) in [7, 11) is 0. The van der Waals surface area contributed by atoms with Crippen LogP contribution in [-0.4, -0.2) is 27.6 Å². The molecule has 1 aliphatic heterocycles. The van der Waals surface area contributed by atoms with Gasteiger partial charge in [0.25, 0.3) is 5.89 Å². The third-order valence-electron chi connectivity index (χ3n) is 5.74. The van der Waals surface area contributed by atoms with E-state index < -0.39 is 0 Å². The van der Waals surface area contributed by atoms with Crippen molar-refractivity contribution >= 4 is 11.6 Å². The molecule has 0 saturated heterocycles. The van der Waals surface area contributed by atoms with Gasteiger partial charge in [-0.05, 0) is 44.4 Å². The first-order chi connectivity index (χ1) is 14.9. The van der Waals surface area contributed by atoms with Crippen molar-refractivity contribution in [1.29, 1.82) is 0 Å². The Morgan fingerprint density at radius 3 is 2.52 bits per heavy atom. The predicted octanol–water partition coefficient (Wildman–Crippen LogP) is 5.35. The molecule has 2 amide bonds. The van der Waals surface area contributed by atoms with Gasteiger partial charge in [-0.25, -0.2) is 4.79 Å². The minimum atomic E-state index is -0.390. The smallest absolute Gasteiger partial charge is 0.322 e. The molecule has 158 valence electrons. The van der Waals surface area contributed by atoms with Gasteiger partial charge in [-0.15, -0.1) is 6.58 Å². The van der Waals surface area contributed by atoms with Gasteiger partial charge in [0.1, 0.15) is 0 Å². The zero-order chi connectivity index (χ0) is 22.1. The Morgan fingerprint density at radius 2 is 1.84 bits per heavy atom. The molecule has 2 heterocycles. The molecule has 6 heteroatoms. The molecule has 0 radical (unpaired) electrons. The van der Waals surface area contributed by atoms with E-state index in [1.54, 1.807) is 11.0 Å². The first-order valence-electron chi connectivity index (χ1n) is 10.3. The first kappa shape index (κ1) is 20.6. The van der Waals surface area contributed by atoms with Crippen LogP contribution in [0.1, 0.15) is 41.1 Å². The Bertz CT molecular complexity index is 1170. The minimum Gasteiger partial charge on any atom is -0.334 e. The highest BCUT2D eigenvalue weighted by atomic mass is 16.5. The van der Waals surface area contributed by atoms with Gasteiger partial charge in [-0.2, -0.15) is 4.98 Å². The van der Waals surface area contributed by atoms with Crippen LogP contribution in [0.25, 0.3) is 17.0 Å². The number of aromatic nitrogens is 2. The number of carbonyl (C=O) groups excluding carboxylic acids is 1. The second-order valence-corrected chi connectivity index (χ2v) is 7.91. The highest BCUT2D eigenvalue weighted by molar-refractivity contribution is 5.87. The molecule has 0 saturated carbocycles. The second-order valence-electron chi connectivity index (χ2n) is 7.91. The number of urea groups is 1. The van der Waals surface area contributed by atoms with E-state index in [-0.39, 0.29) is 12.1 Å². The van der Waals surface area contributed by atoms with Gasteiger partial charge in [-0.3, -0.25) is 4.90 Å². The molecule has 0 fully saturated rings. The van der Waals surface area contributed by atoms with Crippen molar-refractivity contribution in [3.8, 4) is 11.4 Å². The fourth-order valence-electron chi connectivity index (χ4n) is 3.75. The predicted molar refractivity (Wildman–Crippen MR) is 121 cm³/mol. The van der Waals surface area contributed by atoms with Crippen molar-refractivity contribution in [2.45, 2.75) is 33.7 Å². The number of benzene rings is 2. The number of nitrogens with zero attached hydrogens (tertiary/aromatic N) is 3. The van der Waals surface area contributed by atoms with E-state index in [0.29, 0.717) is 18.3 Å². The van der Waals surface area contributed by atoms with Gasteiger partial charge in [0.2, 0.25) is 5.82 Å². The van der Waals surface area contributed by atoms with Crippen LogP contribution in [0.3, 0.4) is 0 Å². The van der Waals surface area contributed by atoms with Crippen LogP contribution in [-0.2, 0) is 0 Å². The third-order valence-corrected chi connectivity index (χ3v) is 5.74. The van der Waals surface area contributed by atoms with Crippen LogP contribution in [0.4, 0.5) is 4.79 Å².